The molecule has 0 aromatic carbocycles. The summed E-state index contributed by atoms with van der Waals surface area (Å²) in [6.45, 7) is 0.643. The first-order valence-corrected chi connectivity index (χ1v) is 3.01. The summed E-state index contributed by atoms with van der Waals surface area (Å²) >= 11 is 0. The monoisotopic (exact) mass is 129 g/mol. The van der Waals surface area contributed by atoms with Crippen molar-refractivity contribution in [2.45, 2.75) is 18.9 Å². The molecule has 1 unspecified atom stereocenters. The van der Waals surface area contributed by atoms with E-state index in [9.17, 15) is 0 Å². The highest BCUT2D eigenvalue weighted by Crippen LogP contribution is 2.13. The van der Waals surface area contributed by atoms with E-state index in [4.69, 9.17) is 16.4 Å². The molecule has 1 atom stereocenters. The predicted molar refractivity (Wildman–Crippen MR) is 33.4 cm³/mol. The highest BCUT2D eigenvalue weighted by atomic mass is 16.5. The maximum Gasteiger partial charge on any atom is 0.111 e. The van der Waals surface area contributed by atoms with Crippen LogP contribution in [0.3, 0.4) is 0 Å². The summed E-state index contributed by atoms with van der Waals surface area (Å²) in [4.78, 5) is 0. The van der Waals surface area contributed by atoms with Crippen molar-refractivity contribution in [3.63, 3.8) is 0 Å². The number of nitrogens with one attached hydrogen (secondary N) is 1. The van der Waals surface area contributed by atoms with Gasteiger partial charge >= 0.3 is 0 Å². The summed E-state index contributed by atoms with van der Waals surface area (Å²) in [5.74, 6) is 0.0648. The van der Waals surface area contributed by atoms with E-state index in [0.717, 1.165) is 17.9 Å². The largest absolute Gasteiger partial charge is 0.386 e. The van der Waals surface area contributed by atoms with E-state index in [1.807, 2.05) is 0 Å². The third-order valence-electron chi connectivity index (χ3n) is 1.58. The molecule has 1 saturated heterocycles. The van der Waals surface area contributed by atoms with Crippen LogP contribution < -0.4 is 5.73 Å². The van der Waals surface area contributed by atoms with Crippen LogP contribution in [0.2, 0.25) is 0 Å². The van der Waals surface area contributed by atoms with Crippen LogP contribution in [0.15, 0.2) is 0 Å². The molecule has 4 heteroatoms. The molecule has 1 rings (SSSR count). The number of rotatable bonds is 1. The van der Waals surface area contributed by atoms with Crippen LogP contribution in [0.5, 0.6) is 0 Å². The van der Waals surface area contributed by atoms with Crippen LogP contribution in [-0.4, -0.2) is 28.7 Å². The fourth-order valence-electron chi connectivity index (χ4n) is 1.07. The van der Waals surface area contributed by atoms with Gasteiger partial charge in [0.15, 0.2) is 0 Å². The number of hydroxylamine groups is 2. The lowest BCUT2D eigenvalue weighted by Crippen LogP contribution is -2.37. The molecule has 1 aliphatic heterocycles. The van der Waals surface area contributed by atoms with E-state index in [0.29, 0.717) is 6.54 Å². The molecule has 0 amide bonds. The van der Waals surface area contributed by atoms with Gasteiger partial charge in [-0.25, -0.2) is 0 Å². The predicted octanol–water partition coefficient (Wildman–Crippen LogP) is -0.224. The summed E-state index contributed by atoms with van der Waals surface area (Å²) in [7, 11) is 0. The van der Waals surface area contributed by atoms with Gasteiger partial charge in [0.1, 0.15) is 5.84 Å². The molecule has 0 aromatic heterocycles. The van der Waals surface area contributed by atoms with Gasteiger partial charge in [-0.2, -0.15) is 5.06 Å². The smallest absolute Gasteiger partial charge is 0.111 e. The molecule has 4 N–H and O–H groups in total. The molecular weight excluding hydrogens is 118 g/mol. The highest BCUT2D eigenvalue weighted by molar-refractivity contribution is 5.82. The Hall–Kier alpha value is -0.610. The molecule has 0 aromatic rings. The first-order valence-electron chi connectivity index (χ1n) is 3.01. The Morgan fingerprint density at radius 2 is 2.44 bits per heavy atom. The van der Waals surface area contributed by atoms with Crippen molar-refractivity contribution in [2.75, 3.05) is 6.54 Å². The maximum atomic E-state index is 8.97. The molecular formula is C5H11N3O. The second-order valence-corrected chi connectivity index (χ2v) is 2.28. The quantitative estimate of drug-likeness (QED) is 0.338. The normalized spacial score (nSPS) is 28.8. The first-order chi connectivity index (χ1) is 4.22. The van der Waals surface area contributed by atoms with Crippen LogP contribution in [0, 0.1) is 5.41 Å². The van der Waals surface area contributed by atoms with Crippen molar-refractivity contribution in [2.24, 2.45) is 5.73 Å². The Kier molecular flexibility index (Phi) is 1.68. The van der Waals surface area contributed by atoms with E-state index in [-0.39, 0.29) is 11.9 Å². The lowest BCUT2D eigenvalue weighted by atomic mass is 10.2. The van der Waals surface area contributed by atoms with Crippen LogP contribution in [-0.2, 0) is 0 Å². The van der Waals surface area contributed by atoms with Gasteiger partial charge in [-0.3, -0.25) is 5.41 Å². The summed E-state index contributed by atoms with van der Waals surface area (Å²) in [6, 6.07) is -0.218. The summed E-state index contributed by atoms with van der Waals surface area (Å²) in [5.41, 5.74) is 5.17. The van der Waals surface area contributed by atoms with Gasteiger partial charge in [0.05, 0.1) is 6.04 Å². The van der Waals surface area contributed by atoms with Crippen molar-refractivity contribution in [1.82, 2.24) is 5.06 Å². The van der Waals surface area contributed by atoms with Gasteiger partial charge < -0.3 is 10.9 Å². The van der Waals surface area contributed by atoms with Crippen molar-refractivity contribution in [3.05, 3.63) is 0 Å². The molecule has 0 aliphatic carbocycles. The minimum absolute atomic E-state index is 0.0648. The van der Waals surface area contributed by atoms with E-state index in [1.54, 1.807) is 0 Å². The number of nitrogens with zero attached hydrogens (tertiary/aromatic N) is 1. The van der Waals surface area contributed by atoms with E-state index >= 15 is 0 Å². The Balaban J connectivity index is 2.49. The minimum Gasteiger partial charge on any atom is -0.386 e. The Morgan fingerprint density at radius 1 is 1.78 bits per heavy atom. The average molecular weight is 129 g/mol. The zero-order chi connectivity index (χ0) is 6.85. The molecule has 1 fully saturated rings. The van der Waals surface area contributed by atoms with Crippen LogP contribution in [0.4, 0.5) is 0 Å². The Labute approximate surface area is 53.7 Å². The van der Waals surface area contributed by atoms with Crippen molar-refractivity contribution in [3.8, 4) is 0 Å². The Bertz CT molecular complexity index is 125. The fraction of sp³-hybridized carbons (Fsp3) is 0.800. The average Bonchev–Trinajstić information content (AvgIpc) is 2.13. The standard InChI is InChI=1S/C5H11N3O/c6-5(7)4-2-1-3-8(4)9/h4,9H,1-3H2,(H3,6,7). The first kappa shape index (κ1) is 6.51. The van der Waals surface area contributed by atoms with Crippen molar-refractivity contribution in [1.29, 1.82) is 5.41 Å². The molecule has 1 heterocycles. The molecule has 0 spiro atoms. The van der Waals surface area contributed by atoms with Crippen molar-refractivity contribution >= 4 is 5.84 Å². The lowest BCUT2D eigenvalue weighted by Gasteiger charge is -2.14. The fourth-order valence-corrected chi connectivity index (χ4v) is 1.07. The van der Waals surface area contributed by atoms with E-state index < -0.39 is 0 Å². The molecule has 0 saturated carbocycles. The summed E-state index contributed by atoms with van der Waals surface area (Å²) < 4.78 is 0. The maximum absolute atomic E-state index is 8.97. The lowest BCUT2D eigenvalue weighted by molar-refractivity contribution is -0.0844. The van der Waals surface area contributed by atoms with Gasteiger partial charge in [-0.05, 0) is 12.8 Å². The molecule has 1 aliphatic rings. The zero-order valence-electron chi connectivity index (χ0n) is 5.17. The highest BCUT2D eigenvalue weighted by Gasteiger charge is 2.24. The Morgan fingerprint density at radius 3 is 2.67 bits per heavy atom. The SMILES string of the molecule is N=C(N)C1CCCN1O. The summed E-state index contributed by atoms with van der Waals surface area (Å²) in [6.07, 6.45) is 1.74. The van der Waals surface area contributed by atoms with Gasteiger partial charge in [0, 0.05) is 6.54 Å². The van der Waals surface area contributed by atoms with Crippen LogP contribution in [0.1, 0.15) is 12.8 Å². The molecule has 0 radical (unpaired) electrons. The number of hydrogen-bond donors (Lipinski definition) is 3. The van der Waals surface area contributed by atoms with Crippen LogP contribution >= 0.6 is 0 Å². The number of hydrogen-bond acceptors (Lipinski definition) is 3. The van der Waals surface area contributed by atoms with Gasteiger partial charge in [0.2, 0.25) is 0 Å². The topological polar surface area (TPSA) is 73.3 Å². The second-order valence-electron chi connectivity index (χ2n) is 2.28. The third-order valence-corrected chi connectivity index (χ3v) is 1.58. The third kappa shape index (κ3) is 1.20. The second kappa shape index (κ2) is 2.33. The van der Waals surface area contributed by atoms with E-state index in [1.165, 1.54) is 0 Å². The number of amidine groups is 1. The van der Waals surface area contributed by atoms with E-state index in [2.05, 4.69) is 0 Å². The minimum atomic E-state index is -0.218. The number of nitrogens with two attached hydrogens (primary N) is 1. The van der Waals surface area contributed by atoms with Crippen LogP contribution in [0.25, 0.3) is 0 Å². The molecule has 4 nitrogen and oxygen atoms in total. The van der Waals surface area contributed by atoms with Gasteiger partial charge in [-0.1, -0.05) is 0 Å². The molecule has 52 valence electrons. The molecule has 9 heavy (non-hydrogen) atoms. The van der Waals surface area contributed by atoms with Gasteiger partial charge in [-0.15, -0.1) is 0 Å². The zero-order valence-corrected chi connectivity index (χ0v) is 5.17. The van der Waals surface area contributed by atoms with Crippen molar-refractivity contribution < 1.29 is 5.21 Å². The van der Waals surface area contributed by atoms with Gasteiger partial charge in [0.25, 0.3) is 0 Å². The summed E-state index contributed by atoms with van der Waals surface area (Å²) in [5, 5.41) is 17.1. The molecule has 0 bridgehead atoms.